The molecule has 4 amide bonds. The minimum Gasteiger partial charge on any atom is -0.353 e. The predicted octanol–water partition coefficient (Wildman–Crippen LogP) is 1.43. The lowest BCUT2D eigenvalue weighted by Crippen LogP contribution is -2.44. The Morgan fingerprint density at radius 2 is 1.78 bits per heavy atom. The van der Waals surface area contributed by atoms with Crippen LogP contribution in [-0.2, 0) is 20.5 Å². The maximum atomic E-state index is 12.9. The van der Waals surface area contributed by atoms with Crippen LogP contribution in [0.25, 0.3) is 0 Å². The van der Waals surface area contributed by atoms with Gasteiger partial charge in [-0.25, -0.2) is 4.79 Å². The van der Waals surface area contributed by atoms with Crippen molar-refractivity contribution in [3.05, 3.63) is 35.4 Å². The number of hydrogen-bond donors (Lipinski definition) is 2. The molecule has 0 aliphatic carbocycles. The maximum Gasteiger partial charge on any atom is 0.325 e. The van der Waals surface area contributed by atoms with E-state index in [9.17, 15) is 14.4 Å². The summed E-state index contributed by atoms with van der Waals surface area (Å²) in [7, 11) is 3.81. The third-order valence-corrected chi connectivity index (χ3v) is 4.79. The molecule has 0 spiro atoms. The second kappa shape index (κ2) is 7.68. The van der Waals surface area contributed by atoms with E-state index in [1.165, 1.54) is 0 Å². The van der Waals surface area contributed by atoms with Gasteiger partial charge in [-0.1, -0.05) is 45.0 Å². The van der Waals surface area contributed by atoms with Crippen LogP contribution in [0.5, 0.6) is 0 Å². The summed E-state index contributed by atoms with van der Waals surface area (Å²) in [6.07, 6.45) is 0. The Morgan fingerprint density at radius 1 is 1.19 bits per heavy atom. The van der Waals surface area contributed by atoms with Gasteiger partial charge in [0.1, 0.15) is 12.1 Å². The number of imide groups is 1. The minimum absolute atomic E-state index is 0.000943. The first-order valence-electron chi connectivity index (χ1n) is 9.11. The first kappa shape index (κ1) is 20.9. The maximum absolute atomic E-state index is 12.9. The van der Waals surface area contributed by atoms with Crippen LogP contribution < -0.4 is 10.6 Å². The van der Waals surface area contributed by atoms with E-state index in [4.69, 9.17) is 0 Å². The average molecular weight is 374 g/mol. The van der Waals surface area contributed by atoms with Crippen molar-refractivity contribution in [2.24, 2.45) is 0 Å². The fraction of sp³-hybridized carbons (Fsp3) is 0.550. The first-order chi connectivity index (χ1) is 12.4. The molecule has 0 saturated carbocycles. The van der Waals surface area contributed by atoms with Crippen molar-refractivity contribution in [2.45, 2.75) is 38.6 Å². The SMILES string of the molecule is CN(C)CCNC(=O)CN1C(=O)NC(C)(c2ccc(C(C)(C)C)cc2)C1=O. The fourth-order valence-corrected chi connectivity index (χ4v) is 2.96. The molecule has 0 radical (unpaired) electrons. The summed E-state index contributed by atoms with van der Waals surface area (Å²) < 4.78 is 0. The number of nitrogens with one attached hydrogen (secondary N) is 2. The number of hydrogen-bond acceptors (Lipinski definition) is 4. The summed E-state index contributed by atoms with van der Waals surface area (Å²) in [5.74, 6) is -0.772. The lowest BCUT2D eigenvalue weighted by atomic mass is 9.84. The number of carbonyl (C=O) groups excluding carboxylic acids is 3. The van der Waals surface area contributed by atoms with Crippen molar-refractivity contribution in [3.63, 3.8) is 0 Å². The van der Waals surface area contributed by atoms with Gasteiger partial charge in [-0.3, -0.25) is 14.5 Å². The molecule has 27 heavy (non-hydrogen) atoms. The zero-order chi connectivity index (χ0) is 20.4. The van der Waals surface area contributed by atoms with Gasteiger partial charge < -0.3 is 15.5 Å². The van der Waals surface area contributed by atoms with E-state index < -0.39 is 17.5 Å². The van der Waals surface area contributed by atoms with E-state index in [-0.39, 0.29) is 17.9 Å². The molecule has 1 atom stereocenters. The molecule has 1 aliphatic heterocycles. The summed E-state index contributed by atoms with van der Waals surface area (Å²) in [6.45, 7) is 8.87. The number of nitrogens with zero attached hydrogens (tertiary/aromatic N) is 2. The van der Waals surface area contributed by atoms with E-state index in [1.807, 2.05) is 43.3 Å². The molecule has 1 fully saturated rings. The van der Waals surface area contributed by atoms with Gasteiger partial charge in [-0.05, 0) is 37.6 Å². The number of urea groups is 1. The van der Waals surface area contributed by atoms with Gasteiger partial charge in [0, 0.05) is 13.1 Å². The molecule has 1 saturated heterocycles. The Labute approximate surface area is 161 Å². The van der Waals surface area contributed by atoms with E-state index in [1.54, 1.807) is 6.92 Å². The number of benzene rings is 1. The summed E-state index contributed by atoms with van der Waals surface area (Å²) in [4.78, 5) is 40.2. The Balaban J connectivity index is 2.10. The van der Waals surface area contributed by atoms with Crippen LogP contribution in [0.3, 0.4) is 0 Å². The molecule has 1 unspecified atom stereocenters. The summed E-state index contributed by atoms with van der Waals surface area (Å²) in [5.41, 5.74) is 0.671. The Morgan fingerprint density at radius 3 is 2.30 bits per heavy atom. The third kappa shape index (κ3) is 4.66. The zero-order valence-corrected chi connectivity index (χ0v) is 17.0. The first-order valence-corrected chi connectivity index (χ1v) is 9.11. The molecular weight excluding hydrogens is 344 g/mol. The molecule has 0 aromatic heterocycles. The molecule has 0 bridgehead atoms. The van der Waals surface area contributed by atoms with Crippen molar-refractivity contribution in [2.75, 3.05) is 33.7 Å². The van der Waals surface area contributed by atoms with Crippen molar-refractivity contribution in [1.82, 2.24) is 20.4 Å². The van der Waals surface area contributed by atoms with Crippen LogP contribution in [0.4, 0.5) is 4.79 Å². The van der Waals surface area contributed by atoms with Crippen molar-refractivity contribution < 1.29 is 14.4 Å². The van der Waals surface area contributed by atoms with Crippen LogP contribution in [0.2, 0.25) is 0 Å². The molecule has 7 heteroatoms. The second-order valence-corrected chi connectivity index (χ2v) is 8.43. The van der Waals surface area contributed by atoms with Crippen LogP contribution >= 0.6 is 0 Å². The van der Waals surface area contributed by atoms with Crippen LogP contribution in [0, 0.1) is 0 Å². The Bertz CT molecular complexity index is 722. The molecule has 1 aromatic carbocycles. The molecule has 1 aromatic rings. The average Bonchev–Trinajstić information content (AvgIpc) is 2.78. The van der Waals surface area contributed by atoms with Gasteiger partial charge in [-0.15, -0.1) is 0 Å². The summed E-state index contributed by atoms with van der Waals surface area (Å²) in [6, 6.07) is 7.11. The highest BCUT2D eigenvalue weighted by Gasteiger charge is 2.49. The standard InChI is InChI=1S/C20H30N4O3/c1-19(2,3)14-7-9-15(10-8-14)20(4)17(26)24(18(27)22-20)13-16(25)21-11-12-23(5)6/h7-10H,11-13H2,1-6H3,(H,21,25)(H,22,27). The van der Waals surface area contributed by atoms with E-state index in [0.29, 0.717) is 18.7 Å². The molecule has 2 N–H and O–H groups in total. The van der Waals surface area contributed by atoms with Gasteiger partial charge in [0.15, 0.2) is 0 Å². The van der Waals surface area contributed by atoms with Gasteiger partial charge in [-0.2, -0.15) is 0 Å². The summed E-state index contributed by atoms with van der Waals surface area (Å²) >= 11 is 0. The van der Waals surface area contributed by atoms with Crippen molar-refractivity contribution >= 4 is 17.8 Å². The van der Waals surface area contributed by atoms with Gasteiger partial charge in [0.25, 0.3) is 5.91 Å². The fourth-order valence-electron chi connectivity index (χ4n) is 2.96. The van der Waals surface area contributed by atoms with Crippen molar-refractivity contribution in [3.8, 4) is 0 Å². The highest BCUT2D eigenvalue weighted by Crippen LogP contribution is 2.30. The third-order valence-electron chi connectivity index (χ3n) is 4.79. The number of likely N-dealkylation sites (N-methyl/N-ethyl adjacent to an activating group) is 1. The number of carbonyl (C=O) groups is 3. The van der Waals surface area contributed by atoms with Crippen molar-refractivity contribution in [1.29, 1.82) is 0 Å². The zero-order valence-electron chi connectivity index (χ0n) is 17.0. The molecule has 1 heterocycles. The monoisotopic (exact) mass is 374 g/mol. The lowest BCUT2D eigenvalue weighted by molar-refractivity contribution is -0.134. The van der Waals surface area contributed by atoms with E-state index in [0.717, 1.165) is 10.5 Å². The van der Waals surface area contributed by atoms with E-state index in [2.05, 4.69) is 31.4 Å². The van der Waals surface area contributed by atoms with Crippen LogP contribution in [0.15, 0.2) is 24.3 Å². The largest absolute Gasteiger partial charge is 0.353 e. The topological polar surface area (TPSA) is 81.8 Å². The quantitative estimate of drug-likeness (QED) is 0.738. The minimum atomic E-state index is -1.17. The smallest absolute Gasteiger partial charge is 0.325 e. The van der Waals surface area contributed by atoms with Gasteiger partial charge >= 0.3 is 6.03 Å². The highest BCUT2D eigenvalue weighted by atomic mass is 16.2. The van der Waals surface area contributed by atoms with E-state index >= 15 is 0 Å². The van der Waals surface area contributed by atoms with Crippen LogP contribution in [0.1, 0.15) is 38.8 Å². The molecule has 2 rings (SSSR count). The molecular formula is C20H30N4O3. The van der Waals surface area contributed by atoms with Gasteiger partial charge in [0.05, 0.1) is 0 Å². The molecule has 148 valence electrons. The normalized spacial score (nSPS) is 20.2. The predicted molar refractivity (Wildman–Crippen MR) is 104 cm³/mol. The second-order valence-electron chi connectivity index (χ2n) is 8.43. The van der Waals surface area contributed by atoms with Gasteiger partial charge in [0.2, 0.25) is 5.91 Å². The number of amides is 4. The summed E-state index contributed by atoms with van der Waals surface area (Å²) in [5, 5.41) is 5.45. The molecule has 1 aliphatic rings. The Kier molecular flexibility index (Phi) is 5.94. The lowest BCUT2D eigenvalue weighted by Gasteiger charge is -2.24. The Hall–Kier alpha value is -2.41. The van der Waals surface area contributed by atoms with Crippen LogP contribution in [-0.4, -0.2) is 61.4 Å². The number of rotatable bonds is 6. The molecule has 7 nitrogen and oxygen atoms in total. The highest BCUT2D eigenvalue weighted by molar-refractivity contribution is 6.09.